The van der Waals surface area contributed by atoms with Gasteiger partial charge in [-0.1, -0.05) is 53.0 Å². The summed E-state index contributed by atoms with van der Waals surface area (Å²) in [5, 5.41) is 4.59. The normalized spacial score (nSPS) is 10.8. The van der Waals surface area contributed by atoms with Crippen LogP contribution in [-0.4, -0.2) is 25.2 Å². The average Bonchev–Trinajstić information content (AvgIpc) is 2.95. The number of hydrogen-bond acceptors (Lipinski definition) is 6. The van der Waals surface area contributed by atoms with E-state index in [1.807, 2.05) is 31.2 Å². The van der Waals surface area contributed by atoms with E-state index in [0.29, 0.717) is 34.3 Å². The highest BCUT2D eigenvalue weighted by Crippen LogP contribution is 2.29. The van der Waals surface area contributed by atoms with Gasteiger partial charge in [0.25, 0.3) is 5.91 Å². The first-order valence-electron chi connectivity index (χ1n) is 11.8. The lowest BCUT2D eigenvalue weighted by Gasteiger charge is -2.10. The molecule has 1 amide bonds. The molecule has 1 N–H and O–H groups in total. The van der Waals surface area contributed by atoms with Gasteiger partial charge in [0.1, 0.15) is 12.4 Å². The second-order valence-corrected chi connectivity index (χ2v) is 9.24. The molecule has 0 bridgehead atoms. The molecule has 0 atom stereocenters. The Morgan fingerprint density at radius 2 is 1.56 bits per heavy atom. The summed E-state index contributed by atoms with van der Waals surface area (Å²) in [5.41, 5.74) is 6.02. The highest BCUT2D eigenvalue weighted by atomic mass is 35.5. The molecule has 4 rings (SSSR count). The molecule has 7 nitrogen and oxygen atoms in total. The van der Waals surface area contributed by atoms with Crippen molar-refractivity contribution in [1.29, 1.82) is 0 Å². The first-order chi connectivity index (χ1) is 18.8. The number of benzene rings is 4. The number of esters is 1. The molecular weight excluding hydrogens is 539 g/mol. The van der Waals surface area contributed by atoms with E-state index < -0.39 is 5.97 Å². The summed E-state index contributed by atoms with van der Waals surface area (Å²) in [5.74, 6) is 0.171. The zero-order chi connectivity index (χ0) is 27.8. The maximum absolute atomic E-state index is 12.5. The fourth-order valence-corrected chi connectivity index (χ4v) is 3.71. The first-order valence-corrected chi connectivity index (χ1v) is 12.5. The lowest BCUT2D eigenvalue weighted by atomic mass is 10.2. The highest BCUT2D eigenvalue weighted by Gasteiger charge is 2.14. The Morgan fingerprint density at radius 3 is 2.26 bits per heavy atom. The van der Waals surface area contributed by atoms with Gasteiger partial charge in [-0.25, -0.2) is 10.2 Å². The van der Waals surface area contributed by atoms with Gasteiger partial charge in [-0.05, 0) is 78.7 Å². The van der Waals surface area contributed by atoms with Crippen LogP contribution < -0.4 is 19.6 Å². The van der Waals surface area contributed by atoms with Crippen molar-refractivity contribution in [2.24, 2.45) is 5.10 Å². The molecule has 4 aromatic carbocycles. The second-order valence-electron chi connectivity index (χ2n) is 8.43. The smallest absolute Gasteiger partial charge is 0.343 e. The van der Waals surface area contributed by atoms with E-state index in [9.17, 15) is 9.59 Å². The Labute approximate surface area is 235 Å². The molecule has 0 spiro atoms. The van der Waals surface area contributed by atoms with Crippen LogP contribution in [-0.2, 0) is 6.61 Å². The quantitative estimate of drug-likeness (QED) is 0.104. The predicted octanol–water partition coefficient (Wildman–Crippen LogP) is 6.87. The SMILES string of the molecule is COc1cc(/C=N/NC(=O)c2ccc(OCc3ccc(C)cc3)cc2)ccc1OC(=O)c1ccc(Cl)c(Cl)c1. The van der Waals surface area contributed by atoms with Crippen molar-refractivity contribution in [2.45, 2.75) is 13.5 Å². The minimum absolute atomic E-state index is 0.208. The minimum atomic E-state index is -0.618. The number of hydrogen-bond donors (Lipinski definition) is 1. The van der Waals surface area contributed by atoms with E-state index in [1.165, 1.54) is 37.1 Å². The molecule has 4 aromatic rings. The maximum Gasteiger partial charge on any atom is 0.343 e. The number of nitrogens with zero attached hydrogens (tertiary/aromatic N) is 1. The van der Waals surface area contributed by atoms with Gasteiger partial charge in [0.2, 0.25) is 0 Å². The van der Waals surface area contributed by atoms with Crippen LogP contribution in [0.5, 0.6) is 17.2 Å². The largest absolute Gasteiger partial charge is 0.493 e. The number of methoxy groups -OCH3 is 1. The Kier molecular flexibility index (Phi) is 9.20. The van der Waals surface area contributed by atoms with E-state index in [0.717, 1.165) is 5.56 Å². The van der Waals surface area contributed by atoms with Crippen molar-refractivity contribution in [1.82, 2.24) is 5.43 Å². The number of aryl methyl sites for hydroxylation is 1. The van der Waals surface area contributed by atoms with E-state index in [2.05, 4.69) is 10.5 Å². The molecule has 0 fully saturated rings. The zero-order valence-electron chi connectivity index (χ0n) is 21.1. The summed E-state index contributed by atoms with van der Waals surface area (Å²) < 4.78 is 16.6. The van der Waals surface area contributed by atoms with Crippen LogP contribution in [0.25, 0.3) is 0 Å². The molecule has 0 radical (unpaired) electrons. The molecule has 198 valence electrons. The van der Waals surface area contributed by atoms with Gasteiger partial charge >= 0.3 is 5.97 Å². The summed E-state index contributed by atoms with van der Waals surface area (Å²) >= 11 is 11.9. The standard InChI is InChI=1S/C30H24Cl2N2O5/c1-19-3-5-20(6-4-19)18-38-24-11-8-22(9-12-24)29(35)34-33-17-21-7-14-27(28(15-21)37-2)39-30(36)23-10-13-25(31)26(32)16-23/h3-17H,18H2,1-2H3,(H,34,35)/b33-17+. The van der Waals surface area contributed by atoms with Crippen LogP contribution in [0.3, 0.4) is 0 Å². The van der Waals surface area contributed by atoms with Crippen molar-refractivity contribution in [3.8, 4) is 17.2 Å². The van der Waals surface area contributed by atoms with Gasteiger partial charge in [0.05, 0.1) is 28.9 Å². The van der Waals surface area contributed by atoms with Crippen LogP contribution in [0, 0.1) is 6.92 Å². The third-order valence-corrected chi connectivity index (χ3v) is 6.31. The van der Waals surface area contributed by atoms with Crippen molar-refractivity contribution in [3.63, 3.8) is 0 Å². The summed E-state index contributed by atoms with van der Waals surface area (Å²) in [6.45, 7) is 2.47. The summed E-state index contributed by atoms with van der Waals surface area (Å²) in [7, 11) is 1.45. The van der Waals surface area contributed by atoms with E-state index in [4.69, 9.17) is 37.4 Å². The van der Waals surface area contributed by atoms with Crippen molar-refractivity contribution >= 4 is 41.3 Å². The van der Waals surface area contributed by atoms with E-state index >= 15 is 0 Å². The van der Waals surface area contributed by atoms with Gasteiger partial charge < -0.3 is 14.2 Å². The molecule has 0 unspecified atom stereocenters. The third-order valence-electron chi connectivity index (χ3n) is 5.57. The fourth-order valence-electron chi connectivity index (χ4n) is 3.41. The van der Waals surface area contributed by atoms with Crippen LogP contribution in [0.1, 0.15) is 37.4 Å². The number of halogens is 2. The van der Waals surface area contributed by atoms with Crippen LogP contribution in [0.2, 0.25) is 10.0 Å². The van der Waals surface area contributed by atoms with Gasteiger partial charge in [-0.3, -0.25) is 4.79 Å². The Bertz CT molecular complexity index is 1500. The molecule has 0 heterocycles. The van der Waals surface area contributed by atoms with E-state index in [-0.39, 0.29) is 22.2 Å². The Hall–Kier alpha value is -4.33. The van der Waals surface area contributed by atoms with Gasteiger partial charge in [-0.15, -0.1) is 0 Å². The molecule has 0 aliphatic carbocycles. The van der Waals surface area contributed by atoms with Crippen LogP contribution in [0.4, 0.5) is 0 Å². The third kappa shape index (κ3) is 7.60. The molecule has 0 saturated carbocycles. The molecule has 0 aliphatic rings. The Morgan fingerprint density at radius 1 is 0.846 bits per heavy atom. The topological polar surface area (TPSA) is 86.2 Å². The monoisotopic (exact) mass is 562 g/mol. The van der Waals surface area contributed by atoms with Crippen LogP contribution in [0.15, 0.2) is 90.0 Å². The van der Waals surface area contributed by atoms with E-state index in [1.54, 1.807) is 42.5 Å². The molecule has 0 saturated heterocycles. The van der Waals surface area contributed by atoms with Crippen LogP contribution >= 0.6 is 23.2 Å². The summed E-state index contributed by atoms with van der Waals surface area (Å²) in [6.07, 6.45) is 1.45. The maximum atomic E-state index is 12.5. The number of amides is 1. The van der Waals surface area contributed by atoms with Crippen molar-refractivity contribution < 1.29 is 23.8 Å². The number of nitrogens with one attached hydrogen (secondary N) is 1. The molecule has 0 aromatic heterocycles. The van der Waals surface area contributed by atoms with Gasteiger partial charge in [0, 0.05) is 5.56 Å². The Balaban J connectivity index is 1.32. The fraction of sp³-hybridized carbons (Fsp3) is 0.100. The average molecular weight is 563 g/mol. The lowest BCUT2D eigenvalue weighted by Crippen LogP contribution is -2.17. The molecule has 39 heavy (non-hydrogen) atoms. The predicted molar refractivity (Wildman–Crippen MR) is 151 cm³/mol. The number of ether oxygens (including phenoxy) is 3. The van der Waals surface area contributed by atoms with Crippen molar-refractivity contribution in [3.05, 3.63) is 123 Å². The number of rotatable bonds is 9. The summed E-state index contributed by atoms with van der Waals surface area (Å²) in [4.78, 5) is 25.0. The number of carbonyl (C=O) groups excluding carboxylic acids is 2. The first kappa shape index (κ1) is 27.7. The van der Waals surface area contributed by atoms with Gasteiger partial charge in [-0.2, -0.15) is 5.10 Å². The second kappa shape index (κ2) is 13.0. The van der Waals surface area contributed by atoms with Crippen molar-refractivity contribution in [2.75, 3.05) is 7.11 Å². The van der Waals surface area contributed by atoms with Gasteiger partial charge in [0.15, 0.2) is 11.5 Å². The molecule has 0 aliphatic heterocycles. The zero-order valence-corrected chi connectivity index (χ0v) is 22.6. The molecule has 9 heteroatoms. The minimum Gasteiger partial charge on any atom is -0.493 e. The molecular formula is C30H24Cl2N2O5. The lowest BCUT2D eigenvalue weighted by molar-refractivity contribution is 0.0729. The number of hydrazone groups is 1. The highest BCUT2D eigenvalue weighted by molar-refractivity contribution is 6.42. The summed E-state index contributed by atoms with van der Waals surface area (Å²) in [6, 6.07) is 24.2. The number of carbonyl (C=O) groups is 2.